The highest BCUT2D eigenvalue weighted by Gasteiger charge is 2.28. The van der Waals surface area contributed by atoms with Crippen LogP contribution < -0.4 is 5.56 Å². The molecule has 0 unspecified atom stereocenters. The van der Waals surface area contributed by atoms with Crippen LogP contribution in [-0.4, -0.2) is 21.0 Å². The van der Waals surface area contributed by atoms with Crippen LogP contribution in [-0.2, 0) is 13.1 Å². The standard InChI is InChI=1S/C22H21N3O2S/c26-22-17-7-1-2-8-18(17)23-21(25(22)14-16-6-4-12-27-16)15-24-11-3-9-19(24)20-10-5-13-28-20/h1-2,4-8,10,12-13,19H,3,9,11,14-15H2/t19-/m0/s1. The number of thiophene rings is 1. The average molecular weight is 391 g/mol. The van der Waals surface area contributed by atoms with Crippen molar-refractivity contribution in [2.45, 2.75) is 32.0 Å². The lowest BCUT2D eigenvalue weighted by molar-refractivity contribution is 0.240. The molecule has 0 N–H and O–H groups in total. The Balaban J connectivity index is 1.56. The Morgan fingerprint density at radius 3 is 2.86 bits per heavy atom. The molecule has 1 aliphatic heterocycles. The molecule has 6 heteroatoms. The van der Waals surface area contributed by atoms with Gasteiger partial charge >= 0.3 is 0 Å². The summed E-state index contributed by atoms with van der Waals surface area (Å²) < 4.78 is 7.28. The summed E-state index contributed by atoms with van der Waals surface area (Å²) in [5.41, 5.74) is 0.744. The second-order valence-corrected chi connectivity index (χ2v) is 8.14. The van der Waals surface area contributed by atoms with Crippen LogP contribution in [0.2, 0.25) is 0 Å². The summed E-state index contributed by atoms with van der Waals surface area (Å²) in [6.07, 6.45) is 3.96. The maximum Gasteiger partial charge on any atom is 0.261 e. The Kier molecular flexibility index (Phi) is 4.58. The van der Waals surface area contributed by atoms with Gasteiger partial charge in [0.05, 0.1) is 30.3 Å². The summed E-state index contributed by atoms with van der Waals surface area (Å²) >= 11 is 1.80. The topological polar surface area (TPSA) is 51.3 Å². The Labute approximate surface area is 166 Å². The molecule has 28 heavy (non-hydrogen) atoms. The molecule has 1 aliphatic rings. The van der Waals surface area contributed by atoms with Gasteiger partial charge in [0, 0.05) is 10.9 Å². The van der Waals surface area contributed by atoms with Crippen LogP contribution in [0.4, 0.5) is 0 Å². The van der Waals surface area contributed by atoms with E-state index in [2.05, 4.69) is 22.4 Å². The fourth-order valence-electron chi connectivity index (χ4n) is 4.06. The van der Waals surface area contributed by atoms with Gasteiger partial charge in [-0.2, -0.15) is 0 Å². The summed E-state index contributed by atoms with van der Waals surface area (Å²) in [7, 11) is 0. The quantitative estimate of drug-likeness (QED) is 0.505. The first-order valence-corrected chi connectivity index (χ1v) is 10.5. The monoisotopic (exact) mass is 391 g/mol. The molecule has 0 bridgehead atoms. The number of rotatable bonds is 5. The minimum absolute atomic E-state index is 0.0103. The number of fused-ring (bicyclic) bond motifs is 1. The van der Waals surface area contributed by atoms with Crippen LogP contribution in [0.3, 0.4) is 0 Å². The molecule has 5 rings (SSSR count). The van der Waals surface area contributed by atoms with E-state index < -0.39 is 0 Å². The highest BCUT2D eigenvalue weighted by Crippen LogP contribution is 2.35. The van der Waals surface area contributed by atoms with Crippen molar-refractivity contribution in [3.8, 4) is 0 Å². The molecule has 1 aromatic carbocycles. The highest BCUT2D eigenvalue weighted by atomic mass is 32.1. The van der Waals surface area contributed by atoms with E-state index in [-0.39, 0.29) is 5.56 Å². The van der Waals surface area contributed by atoms with Crippen LogP contribution in [0.25, 0.3) is 10.9 Å². The van der Waals surface area contributed by atoms with Gasteiger partial charge in [0.25, 0.3) is 5.56 Å². The minimum atomic E-state index is -0.0103. The van der Waals surface area contributed by atoms with Gasteiger partial charge in [0.2, 0.25) is 0 Å². The third kappa shape index (κ3) is 3.19. The van der Waals surface area contributed by atoms with E-state index in [4.69, 9.17) is 9.40 Å². The van der Waals surface area contributed by atoms with Gasteiger partial charge in [0.15, 0.2) is 0 Å². The summed E-state index contributed by atoms with van der Waals surface area (Å²) in [5.74, 6) is 1.56. The number of para-hydroxylation sites is 1. The number of likely N-dealkylation sites (tertiary alicyclic amines) is 1. The molecule has 1 atom stereocenters. The van der Waals surface area contributed by atoms with Crippen molar-refractivity contribution >= 4 is 22.2 Å². The third-order valence-corrected chi connectivity index (χ3v) is 6.39. The molecule has 0 radical (unpaired) electrons. The lowest BCUT2D eigenvalue weighted by atomic mass is 10.2. The smallest absolute Gasteiger partial charge is 0.261 e. The van der Waals surface area contributed by atoms with Gasteiger partial charge in [-0.15, -0.1) is 11.3 Å². The maximum atomic E-state index is 13.2. The molecule has 4 aromatic rings. The lowest BCUT2D eigenvalue weighted by Gasteiger charge is -2.24. The number of benzene rings is 1. The van der Waals surface area contributed by atoms with Crippen LogP contribution in [0.5, 0.6) is 0 Å². The SMILES string of the molecule is O=c1c2ccccc2nc(CN2CCC[C@H]2c2cccs2)n1Cc1ccco1. The number of furan rings is 1. The van der Waals surface area contributed by atoms with E-state index in [0.717, 1.165) is 30.1 Å². The summed E-state index contributed by atoms with van der Waals surface area (Å²) in [6.45, 7) is 2.08. The summed E-state index contributed by atoms with van der Waals surface area (Å²) in [5, 5.41) is 2.78. The van der Waals surface area contributed by atoms with Crippen molar-refractivity contribution in [1.82, 2.24) is 14.5 Å². The van der Waals surface area contributed by atoms with Gasteiger partial charge in [0.1, 0.15) is 11.6 Å². The maximum absolute atomic E-state index is 13.2. The fraction of sp³-hybridized carbons (Fsp3) is 0.273. The predicted octanol–water partition coefficient (Wildman–Crippen LogP) is 4.44. The van der Waals surface area contributed by atoms with E-state index in [0.29, 0.717) is 24.5 Å². The number of hydrogen-bond donors (Lipinski definition) is 0. The van der Waals surface area contributed by atoms with E-state index in [9.17, 15) is 4.79 Å². The van der Waals surface area contributed by atoms with Gasteiger partial charge in [-0.1, -0.05) is 18.2 Å². The Morgan fingerprint density at radius 1 is 1.11 bits per heavy atom. The molecule has 1 fully saturated rings. The van der Waals surface area contributed by atoms with E-state index >= 15 is 0 Å². The largest absolute Gasteiger partial charge is 0.467 e. The molecular formula is C22H21N3O2S. The molecule has 3 aromatic heterocycles. The number of nitrogens with zero attached hydrogens (tertiary/aromatic N) is 3. The minimum Gasteiger partial charge on any atom is -0.467 e. The zero-order valence-electron chi connectivity index (χ0n) is 15.5. The van der Waals surface area contributed by atoms with Crippen molar-refractivity contribution < 1.29 is 4.42 Å². The van der Waals surface area contributed by atoms with Crippen LogP contribution in [0.1, 0.15) is 35.3 Å². The molecule has 142 valence electrons. The zero-order valence-corrected chi connectivity index (χ0v) is 16.3. The second kappa shape index (κ2) is 7.37. The van der Waals surface area contributed by atoms with Crippen molar-refractivity contribution in [2.24, 2.45) is 0 Å². The van der Waals surface area contributed by atoms with Crippen LogP contribution in [0, 0.1) is 0 Å². The number of hydrogen-bond acceptors (Lipinski definition) is 5. The molecule has 0 amide bonds. The van der Waals surface area contributed by atoms with Crippen LogP contribution in [0.15, 0.2) is 69.4 Å². The highest BCUT2D eigenvalue weighted by molar-refractivity contribution is 7.10. The van der Waals surface area contributed by atoms with Gasteiger partial charge in [-0.3, -0.25) is 14.3 Å². The van der Waals surface area contributed by atoms with Gasteiger partial charge in [-0.05, 0) is 55.1 Å². The van der Waals surface area contributed by atoms with Crippen molar-refractivity contribution in [3.05, 3.63) is 87.0 Å². The lowest BCUT2D eigenvalue weighted by Crippen LogP contribution is -2.31. The molecule has 1 saturated heterocycles. The van der Waals surface area contributed by atoms with Crippen molar-refractivity contribution in [3.63, 3.8) is 0 Å². The molecule has 0 aliphatic carbocycles. The van der Waals surface area contributed by atoms with Crippen molar-refractivity contribution in [2.75, 3.05) is 6.54 Å². The first-order chi connectivity index (χ1) is 13.8. The van der Waals surface area contributed by atoms with Crippen LogP contribution >= 0.6 is 11.3 Å². The normalized spacial score (nSPS) is 17.5. The Morgan fingerprint density at radius 2 is 2.04 bits per heavy atom. The second-order valence-electron chi connectivity index (χ2n) is 7.16. The summed E-state index contributed by atoms with van der Waals surface area (Å²) in [6, 6.07) is 16.0. The fourth-order valence-corrected chi connectivity index (χ4v) is 4.95. The van der Waals surface area contributed by atoms with E-state index in [1.165, 1.54) is 11.3 Å². The van der Waals surface area contributed by atoms with E-state index in [1.807, 2.05) is 36.4 Å². The zero-order chi connectivity index (χ0) is 18.9. The molecule has 0 spiro atoms. The van der Waals surface area contributed by atoms with Crippen molar-refractivity contribution in [1.29, 1.82) is 0 Å². The molecule has 5 nitrogen and oxygen atoms in total. The molecule has 0 saturated carbocycles. The summed E-state index contributed by atoms with van der Waals surface area (Å²) in [4.78, 5) is 21.9. The van der Waals surface area contributed by atoms with Gasteiger partial charge < -0.3 is 4.42 Å². The van der Waals surface area contributed by atoms with E-state index in [1.54, 1.807) is 22.2 Å². The molecular weight excluding hydrogens is 370 g/mol. The molecule has 4 heterocycles. The first kappa shape index (κ1) is 17.4. The average Bonchev–Trinajstić information content (AvgIpc) is 3.47. The Hall–Kier alpha value is -2.70. The number of aromatic nitrogens is 2. The predicted molar refractivity (Wildman–Crippen MR) is 111 cm³/mol. The third-order valence-electron chi connectivity index (χ3n) is 5.41. The Bertz CT molecular complexity index is 1130. The first-order valence-electron chi connectivity index (χ1n) is 9.58. The van der Waals surface area contributed by atoms with Gasteiger partial charge in [-0.25, -0.2) is 4.98 Å².